The van der Waals surface area contributed by atoms with E-state index in [1.807, 2.05) is 20.8 Å². The minimum atomic E-state index is -0.537. The van der Waals surface area contributed by atoms with E-state index in [1.54, 1.807) is 4.90 Å². The molecule has 7 heteroatoms. The molecular formula is C20H32N2O5. The van der Waals surface area contributed by atoms with Gasteiger partial charge in [-0.05, 0) is 77.0 Å². The normalized spacial score (nSPS) is 40.1. The summed E-state index contributed by atoms with van der Waals surface area (Å²) >= 11 is 0. The average molecular weight is 380 g/mol. The molecule has 5 rings (SSSR count). The molecule has 1 heterocycles. The lowest BCUT2D eigenvalue weighted by Crippen LogP contribution is -2.58. The molecule has 27 heavy (non-hydrogen) atoms. The molecule has 0 aromatic carbocycles. The molecule has 3 atom stereocenters. The summed E-state index contributed by atoms with van der Waals surface area (Å²) in [6.45, 7) is 6.51. The highest BCUT2D eigenvalue weighted by molar-refractivity contribution is 5.70. The summed E-state index contributed by atoms with van der Waals surface area (Å²) in [4.78, 5) is 26.3. The number of alkyl carbamates (subject to hydrolysis) is 1. The smallest absolute Gasteiger partial charge is 0.410 e. The van der Waals surface area contributed by atoms with Crippen LogP contribution in [0.15, 0.2) is 0 Å². The van der Waals surface area contributed by atoms with Gasteiger partial charge in [0, 0.05) is 13.1 Å². The van der Waals surface area contributed by atoms with Gasteiger partial charge in [0.05, 0.1) is 11.6 Å². The van der Waals surface area contributed by atoms with Crippen molar-refractivity contribution in [2.75, 3.05) is 13.1 Å². The second-order valence-corrected chi connectivity index (χ2v) is 10.1. The van der Waals surface area contributed by atoms with Gasteiger partial charge in [-0.25, -0.2) is 9.59 Å². The van der Waals surface area contributed by atoms with Crippen LogP contribution in [0.2, 0.25) is 0 Å². The molecule has 0 spiro atoms. The average Bonchev–Trinajstić information content (AvgIpc) is 2.95. The van der Waals surface area contributed by atoms with E-state index in [0.29, 0.717) is 37.3 Å². The Hall–Kier alpha value is -1.50. The largest absolute Gasteiger partial charge is 0.446 e. The van der Waals surface area contributed by atoms with Crippen LogP contribution in [-0.2, 0) is 9.47 Å². The summed E-state index contributed by atoms with van der Waals surface area (Å²) in [6.07, 6.45) is 4.50. The zero-order chi connectivity index (χ0) is 19.4. The molecule has 0 aromatic heterocycles. The van der Waals surface area contributed by atoms with Gasteiger partial charge in [0.2, 0.25) is 0 Å². The lowest BCUT2D eigenvalue weighted by molar-refractivity contribution is -0.177. The van der Waals surface area contributed by atoms with Crippen LogP contribution in [0.25, 0.3) is 0 Å². The van der Waals surface area contributed by atoms with Crippen molar-refractivity contribution >= 4 is 12.2 Å². The Labute approximate surface area is 160 Å². The van der Waals surface area contributed by atoms with Gasteiger partial charge in [0.15, 0.2) is 0 Å². The number of nitrogens with one attached hydrogen (secondary N) is 1. The number of carbonyl (C=O) groups excluding carboxylic acids is 2. The second-order valence-electron chi connectivity index (χ2n) is 10.1. The Morgan fingerprint density at radius 1 is 1.15 bits per heavy atom. The molecule has 0 aromatic rings. The van der Waals surface area contributed by atoms with Crippen molar-refractivity contribution in [3.05, 3.63) is 0 Å². The molecule has 1 aliphatic heterocycles. The zero-order valence-electron chi connectivity index (χ0n) is 16.6. The fraction of sp³-hybridized carbons (Fsp3) is 0.900. The van der Waals surface area contributed by atoms with Crippen LogP contribution >= 0.6 is 0 Å². The molecule has 5 aliphatic rings. The van der Waals surface area contributed by atoms with Gasteiger partial charge < -0.3 is 24.8 Å². The van der Waals surface area contributed by atoms with Crippen molar-refractivity contribution in [3.63, 3.8) is 0 Å². The van der Waals surface area contributed by atoms with Gasteiger partial charge >= 0.3 is 12.2 Å². The number of hydrogen-bond donors (Lipinski definition) is 2. The number of nitrogens with zero attached hydrogens (tertiary/aromatic N) is 1. The summed E-state index contributed by atoms with van der Waals surface area (Å²) in [5, 5.41) is 13.5. The Morgan fingerprint density at radius 2 is 1.81 bits per heavy atom. The molecule has 4 bridgehead atoms. The Kier molecular flexibility index (Phi) is 4.56. The lowest BCUT2D eigenvalue weighted by Gasteiger charge is -2.57. The van der Waals surface area contributed by atoms with Gasteiger partial charge in [-0.2, -0.15) is 0 Å². The Balaban J connectivity index is 1.28. The highest BCUT2D eigenvalue weighted by atomic mass is 16.6. The van der Waals surface area contributed by atoms with E-state index in [1.165, 1.54) is 0 Å². The molecule has 1 unspecified atom stereocenters. The monoisotopic (exact) mass is 380 g/mol. The molecule has 7 nitrogen and oxygen atoms in total. The van der Waals surface area contributed by atoms with Gasteiger partial charge in [-0.15, -0.1) is 0 Å². The van der Waals surface area contributed by atoms with Crippen LogP contribution in [0.5, 0.6) is 0 Å². The van der Waals surface area contributed by atoms with E-state index in [4.69, 9.17) is 9.47 Å². The second kappa shape index (κ2) is 6.54. The summed E-state index contributed by atoms with van der Waals surface area (Å²) in [5.74, 6) is 1.18. The van der Waals surface area contributed by atoms with Gasteiger partial charge in [-0.3, -0.25) is 0 Å². The highest BCUT2D eigenvalue weighted by Crippen LogP contribution is 2.56. The molecule has 4 aliphatic carbocycles. The number of aliphatic hydroxyl groups is 1. The number of hydrogen-bond acceptors (Lipinski definition) is 5. The van der Waals surface area contributed by atoms with E-state index in [2.05, 4.69) is 5.32 Å². The quantitative estimate of drug-likeness (QED) is 0.769. The summed E-state index contributed by atoms with van der Waals surface area (Å²) in [5.41, 5.74) is -1.06. The van der Waals surface area contributed by atoms with E-state index in [9.17, 15) is 14.7 Å². The first-order valence-electron chi connectivity index (χ1n) is 10.3. The van der Waals surface area contributed by atoms with E-state index in [0.717, 1.165) is 32.1 Å². The first kappa shape index (κ1) is 18.8. The first-order chi connectivity index (χ1) is 12.6. The number of carbonyl (C=O) groups is 2. The van der Waals surface area contributed by atoms with Crippen molar-refractivity contribution in [1.29, 1.82) is 0 Å². The van der Waals surface area contributed by atoms with Crippen molar-refractivity contribution < 1.29 is 24.2 Å². The lowest BCUT2D eigenvalue weighted by atomic mass is 9.53. The van der Waals surface area contributed by atoms with Crippen LogP contribution in [-0.4, -0.2) is 58.6 Å². The maximum Gasteiger partial charge on any atom is 0.410 e. The Morgan fingerprint density at radius 3 is 2.41 bits per heavy atom. The predicted molar refractivity (Wildman–Crippen MR) is 98.1 cm³/mol. The third kappa shape index (κ3) is 4.03. The van der Waals surface area contributed by atoms with E-state index in [-0.39, 0.29) is 18.2 Å². The number of amides is 2. The van der Waals surface area contributed by atoms with Crippen molar-refractivity contribution in [1.82, 2.24) is 10.2 Å². The van der Waals surface area contributed by atoms with E-state index >= 15 is 0 Å². The van der Waals surface area contributed by atoms with E-state index < -0.39 is 17.3 Å². The van der Waals surface area contributed by atoms with Gasteiger partial charge in [-0.1, -0.05) is 0 Å². The van der Waals surface area contributed by atoms with Crippen LogP contribution in [0.4, 0.5) is 9.59 Å². The molecular weight excluding hydrogens is 348 g/mol. The highest BCUT2D eigenvalue weighted by Gasteiger charge is 2.56. The SMILES string of the molecule is CC(C)(C)OC(=O)NC1CCN(C(=O)OC2[C@@H]3CC4C[C@@H]2CC(O)(C4)C3)C1. The fourth-order valence-corrected chi connectivity index (χ4v) is 5.84. The number of likely N-dealkylation sites (tertiary alicyclic amines) is 1. The molecule has 152 valence electrons. The minimum absolute atomic E-state index is 0.0628. The molecule has 4 saturated carbocycles. The maximum absolute atomic E-state index is 12.7. The molecule has 0 radical (unpaired) electrons. The van der Waals surface area contributed by atoms with Gasteiger partial charge in [0.1, 0.15) is 11.7 Å². The fourth-order valence-electron chi connectivity index (χ4n) is 5.84. The standard InChI is InChI=1S/C20H32N2O5/c1-19(2,3)27-17(23)21-15-4-5-22(11-15)18(24)26-16-13-6-12-7-14(16)10-20(25,8-12)9-13/h12-16,25H,4-11H2,1-3H3,(H,21,23)/t12?,13-,14-,15?,16?,20?/m1/s1. The molecule has 5 fully saturated rings. The molecule has 1 saturated heterocycles. The molecule has 2 amide bonds. The van der Waals surface area contributed by atoms with Crippen molar-refractivity contribution in [3.8, 4) is 0 Å². The van der Waals surface area contributed by atoms with Gasteiger partial charge in [0.25, 0.3) is 0 Å². The van der Waals surface area contributed by atoms with Crippen LogP contribution < -0.4 is 5.32 Å². The number of ether oxygens (including phenoxy) is 2. The summed E-state index contributed by atoms with van der Waals surface area (Å²) in [7, 11) is 0. The van der Waals surface area contributed by atoms with Crippen molar-refractivity contribution in [2.45, 2.75) is 82.6 Å². The molecule has 2 N–H and O–H groups in total. The summed E-state index contributed by atoms with van der Waals surface area (Å²) in [6, 6.07) is -0.105. The van der Waals surface area contributed by atoms with Crippen LogP contribution in [0.3, 0.4) is 0 Å². The third-order valence-corrected chi connectivity index (χ3v) is 6.56. The minimum Gasteiger partial charge on any atom is -0.446 e. The summed E-state index contributed by atoms with van der Waals surface area (Å²) < 4.78 is 11.2. The number of rotatable bonds is 2. The predicted octanol–water partition coefficient (Wildman–Crippen LogP) is 2.66. The third-order valence-electron chi connectivity index (χ3n) is 6.56. The maximum atomic E-state index is 12.7. The van der Waals surface area contributed by atoms with Crippen molar-refractivity contribution in [2.24, 2.45) is 17.8 Å². The first-order valence-corrected chi connectivity index (χ1v) is 10.3. The Bertz CT molecular complexity index is 600. The zero-order valence-corrected chi connectivity index (χ0v) is 16.6. The van der Waals surface area contributed by atoms with Crippen LogP contribution in [0, 0.1) is 17.8 Å². The topological polar surface area (TPSA) is 88.1 Å². The van der Waals surface area contributed by atoms with Crippen LogP contribution in [0.1, 0.15) is 59.3 Å².